The van der Waals surface area contributed by atoms with E-state index in [1.807, 2.05) is 0 Å². The van der Waals surface area contributed by atoms with Gasteiger partial charge >= 0.3 is 37.9 Å². The fraction of sp³-hybridized carbons (Fsp3) is 0.308. The van der Waals surface area contributed by atoms with Crippen molar-refractivity contribution >= 4 is 38.7 Å². The number of halogens is 2. The summed E-state index contributed by atoms with van der Waals surface area (Å²) in [5.74, 6) is 1.03. The fourth-order valence-electron chi connectivity index (χ4n) is 3.40. The van der Waals surface area contributed by atoms with Crippen LogP contribution < -0.4 is 0 Å². The predicted molar refractivity (Wildman–Crippen MR) is 135 cm³/mol. The van der Waals surface area contributed by atoms with Gasteiger partial charge in [0.2, 0.25) is 0 Å². The molecule has 2 aliphatic rings. The van der Waals surface area contributed by atoms with E-state index in [-0.39, 0.29) is 0 Å². The van der Waals surface area contributed by atoms with Crippen LogP contribution >= 0.6 is 17.0 Å². The van der Waals surface area contributed by atoms with Crippen molar-refractivity contribution in [3.63, 3.8) is 0 Å². The van der Waals surface area contributed by atoms with Gasteiger partial charge in [0, 0.05) is 15.4 Å². The molecule has 158 valence electrons. The van der Waals surface area contributed by atoms with E-state index in [9.17, 15) is 0 Å². The van der Waals surface area contributed by atoms with Crippen LogP contribution in [0.5, 0.6) is 0 Å². The Morgan fingerprint density at radius 3 is 2.00 bits per heavy atom. The first-order valence-electron chi connectivity index (χ1n) is 10.4. The quantitative estimate of drug-likeness (QED) is 0.209. The van der Waals surface area contributed by atoms with Crippen LogP contribution in [0.25, 0.3) is 12.2 Å². The van der Waals surface area contributed by atoms with Gasteiger partial charge in [-0.2, -0.15) is 12.8 Å². The normalized spacial score (nSPS) is 16.6. The topological polar surface area (TPSA) is 0 Å². The van der Waals surface area contributed by atoms with Crippen LogP contribution in [-0.4, -0.2) is 9.52 Å². The Hall–Kier alpha value is -0.400. The summed E-state index contributed by atoms with van der Waals surface area (Å²) in [4.78, 5) is 0. The third-order valence-corrected chi connectivity index (χ3v) is 4.78. The first kappa shape index (κ1) is 27.6. The Balaban J connectivity index is 0.000000245. The van der Waals surface area contributed by atoms with Gasteiger partial charge in [0.1, 0.15) is 0 Å². The Labute approximate surface area is 205 Å². The molecular weight excluding hydrogens is 503 g/mol. The molecule has 2 unspecified atom stereocenters. The number of fused-ring (bicyclic) bond motifs is 2. The molecule has 2 aliphatic carbocycles. The summed E-state index contributed by atoms with van der Waals surface area (Å²) >= 11 is -0.826. The molecular formula is C26H32Cl2SiZr. The number of allylic oxidation sites excluding steroid dienone is 2. The van der Waals surface area contributed by atoms with E-state index in [0.29, 0.717) is 11.8 Å². The third kappa shape index (κ3) is 9.82. The van der Waals surface area contributed by atoms with Crippen molar-refractivity contribution in [2.45, 2.75) is 51.1 Å². The van der Waals surface area contributed by atoms with E-state index in [1.165, 1.54) is 41.5 Å². The van der Waals surface area contributed by atoms with Crippen molar-refractivity contribution in [3.05, 3.63) is 96.3 Å². The molecule has 0 aliphatic heterocycles. The van der Waals surface area contributed by atoms with Gasteiger partial charge in [-0.05, 0) is 16.7 Å². The van der Waals surface area contributed by atoms with Gasteiger partial charge in [0.05, 0.1) is 0 Å². The predicted octanol–water partition coefficient (Wildman–Crippen LogP) is 8.99. The van der Waals surface area contributed by atoms with Crippen molar-refractivity contribution in [3.8, 4) is 0 Å². The van der Waals surface area contributed by atoms with Crippen LogP contribution in [0.15, 0.2) is 60.7 Å². The van der Waals surface area contributed by atoms with Crippen molar-refractivity contribution in [1.82, 2.24) is 0 Å². The van der Waals surface area contributed by atoms with Crippen molar-refractivity contribution in [1.29, 1.82) is 0 Å². The van der Waals surface area contributed by atoms with Crippen LogP contribution in [0.4, 0.5) is 0 Å². The minimum atomic E-state index is -0.826. The maximum absolute atomic E-state index is 4.93. The maximum atomic E-state index is 4.93. The zero-order valence-corrected chi connectivity index (χ0v) is 23.2. The van der Waals surface area contributed by atoms with E-state index >= 15 is 0 Å². The summed E-state index contributed by atoms with van der Waals surface area (Å²) < 4.78 is 0. The van der Waals surface area contributed by atoms with Crippen LogP contribution in [0.3, 0.4) is 0 Å². The molecule has 2 aromatic carbocycles. The number of benzene rings is 2. The molecule has 4 heteroatoms. The Morgan fingerprint density at radius 1 is 0.933 bits per heavy atom. The van der Waals surface area contributed by atoms with Crippen LogP contribution in [0, 0.1) is 13.3 Å². The Morgan fingerprint density at radius 2 is 1.43 bits per heavy atom. The van der Waals surface area contributed by atoms with Gasteiger partial charge in [-0.25, -0.2) is 0 Å². The van der Waals surface area contributed by atoms with Crippen molar-refractivity contribution in [2.24, 2.45) is 0 Å². The standard InChI is InChI=1S/C14H17.C10H9.C2H6Si.2ClH.Zr/c1-2-3-4-7-12-10-11-13-8-5-6-9-14(12)13;1-8-6-7-9-4-2-3-5-10(8)9;1-3-2;;;/h3,5-6,8-12H,2,4,7H2,1H3;2-8H,1H2;1-2H3;2*1H;/q2*-1;;;;+4/p-2. The molecule has 0 spiro atoms. The summed E-state index contributed by atoms with van der Waals surface area (Å²) in [7, 11) is 11.0. The van der Waals surface area contributed by atoms with E-state index < -0.39 is 20.8 Å². The zero-order valence-electron chi connectivity index (χ0n) is 18.2. The number of hydrogen-bond acceptors (Lipinski definition) is 0. The van der Waals surface area contributed by atoms with Gasteiger partial charge in [0.25, 0.3) is 0 Å². The average molecular weight is 535 g/mol. The molecule has 0 aromatic heterocycles. The van der Waals surface area contributed by atoms with Gasteiger partial charge in [-0.3, -0.25) is 0 Å². The second-order valence-corrected chi connectivity index (χ2v) is 11.8. The summed E-state index contributed by atoms with van der Waals surface area (Å²) in [5, 5.41) is 0. The van der Waals surface area contributed by atoms with Crippen LogP contribution in [0.1, 0.15) is 60.3 Å². The van der Waals surface area contributed by atoms with Crippen LogP contribution in [-0.2, 0) is 20.8 Å². The first-order valence-corrected chi connectivity index (χ1v) is 18.7. The number of hydrogen-bond donors (Lipinski definition) is 0. The van der Waals surface area contributed by atoms with E-state index in [4.69, 9.17) is 17.0 Å². The minimum absolute atomic E-state index is 0.371. The van der Waals surface area contributed by atoms with Crippen molar-refractivity contribution < 1.29 is 20.8 Å². The molecule has 0 bridgehead atoms. The monoisotopic (exact) mass is 532 g/mol. The first-order chi connectivity index (χ1) is 14.6. The number of rotatable bonds is 4. The van der Waals surface area contributed by atoms with Gasteiger partial charge in [-0.15, -0.1) is 12.0 Å². The fourth-order valence-corrected chi connectivity index (χ4v) is 3.40. The molecule has 0 heterocycles. The van der Waals surface area contributed by atoms with Gasteiger partial charge in [-0.1, -0.05) is 98.8 Å². The van der Waals surface area contributed by atoms with Crippen molar-refractivity contribution in [2.75, 3.05) is 0 Å². The van der Waals surface area contributed by atoms with E-state index in [0.717, 1.165) is 9.52 Å². The molecule has 0 saturated carbocycles. The molecule has 30 heavy (non-hydrogen) atoms. The Kier molecular flexibility index (Phi) is 15.8. The van der Waals surface area contributed by atoms with Gasteiger partial charge < -0.3 is 13.3 Å². The summed E-state index contributed by atoms with van der Waals surface area (Å²) in [5.41, 5.74) is 5.59. The molecule has 2 atom stereocenters. The summed E-state index contributed by atoms with van der Waals surface area (Å²) in [6.45, 7) is 10.5. The second kappa shape index (κ2) is 17.2. The molecule has 4 rings (SSSR count). The molecule has 2 radical (unpaired) electrons. The summed E-state index contributed by atoms with van der Waals surface area (Å²) in [6.07, 6.45) is 14.9. The van der Waals surface area contributed by atoms with E-state index in [1.54, 1.807) is 0 Å². The average Bonchev–Trinajstić information content (AvgIpc) is 3.34. The van der Waals surface area contributed by atoms with Gasteiger partial charge in [0.15, 0.2) is 0 Å². The SMILES string of the molecule is CC[CH-]CCC1C=Cc2ccccc21.C[Si]C.[CH2-]C1C=Cc2ccccc21.[Cl][Zr+2][Cl]. The molecule has 0 saturated heterocycles. The van der Waals surface area contributed by atoms with Crippen LogP contribution in [0.2, 0.25) is 13.1 Å². The zero-order chi connectivity index (χ0) is 22.2. The molecule has 0 fully saturated rings. The Bertz CT molecular complexity index is 771. The van der Waals surface area contributed by atoms with E-state index in [2.05, 4.69) is 106 Å². The second-order valence-electron chi connectivity index (χ2n) is 7.03. The number of unbranched alkanes of at least 4 members (excludes halogenated alkanes) is 2. The molecule has 0 N–H and O–H groups in total. The summed E-state index contributed by atoms with van der Waals surface area (Å²) in [6, 6.07) is 17.1. The molecule has 0 nitrogen and oxygen atoms in total. The third-order valence-electron chi connectivity index (χ3n) is 4.78. The molecule has 2 aromatic rings. The molecule has 0 amide bonds.